The molecule has 88 valence electrons. The molecule has 1 aromatic carbocycles. The lowest BCUT2D eigenvalue weighted by atomic mass is 9.92. The van der Waals surface area contributed by atoms with E-state index in [0.717, 1.165) is 16.0 Å². The zero-order chi connectivity index (χ0) is 12.4. The molecule has 0 saturated carbocycles. The molecule has 1 nitrogen and oxygen atoms in total. The smallest absolute Gasteiger partial charge is 0.203 e. The molecule has 17 heavy (non-hydrogen) atoms. The Morgan fingerprint density at radius 3 is 2.53 bits per heavy atom. The first kappa shape index (κ1) is 12.1. The van der Waals surface area contributed by atoms with E-state index in [-0.39, 0.29) is 5.78 Å². The largest absolute Gasteiger partial charge is 0.288 e. The van der Waals surface area contributed by atoms with Crippen LogP contribution in [0.15, 0.2) is 35.7 Å². The van der Waals surface area contributed by atoms with Crippen molar-refractivity contribution >= 4 is 17.1 Å². The maximum atomic E-state index is 12.3. The molecule has 2 rings (SSSR count). The van der Waals surface area contributed by atoms with E-state index >= 15 is 0 Å². The highest BCUT2D eigenvalue weighted by atomic mass is 32.1. The summed E-state index contributed by atoms with van der Waals surface area (Å²) in [7, 11) is 0. The molecule has 2 aromatic rings. The Hall–Kier alpha value is -1.41. The van der Waals surface area contributed by atoms with Gasteiger partial charge in [-0.1, -0.05) is 38.1 Å². The highest BCUT2D eigenvalue weighted by molar-refractivity contribution is 7.12. The Morgan fingerprint density at radius 1 is 1.18 bits per heavy atom. The van der Waals surface area contributed by atoms with Gasteiger partial charge in [-0.05, 0) is 35.4 Å². The molecule has 1 heterocycles. The maximum Gasteiger partial charge on any atom is 0.203 e. The monoisotopic (exact) mass is 244 g/mol. The summed E-state index contributed by atoms with van der Waals surface area (Å²) in [5.74, 6) is 0.589. The summed E-state index contributed by atoms with van der Waals surface area (Å²) < 4.78 is 0. The standard InChI is InChI=1S/C15H16OS/c1-10(2)12-6-4-7-13(11(12)3)15(16)14-8-5-9-17-14/h4-10H,1-3H3. The molecule has 0 N–H and O–H groups in total. The van der Waals surface area contributed by atoms with E-state index < -0.39 is 0 Å². The maximum absolute atomic E-state index is 12.3. The molecule has 0 unspecified atom stereocenters. The minimum absolute atomic E-state index is 0.139. The topological polar surface area (TPSA) is 17.1 Å². The van der Waals surface area contributed by atoms with E-state index in [1.165, 1.54) is 16.9 Å². The number of thiophene rings is 1. The van der Waals surface area contributed by atoms with Crippen molar-refractivity contribution in [2.24, 2.45) is 0 Å². The van der Waals surface area contributed by atoms with Crippen molar-refractivity contribution in [2.75, 3.05) is 0 Å². The van der Waals surface area contributed by atoms with Crippen molar-refractivity contribution < 1.29 is 4.79 Å². The molecule has 0 aliphatic rings. The highest BCUT2D eigenvalue weighted by Gasteiger charge is 2.15. The lowest BCUT2D eigenvalue weighted by molar-refractivity contribution is 0.104. The molecule has 0 aliphatic heterocycles. The zero-order valence-electron chi connectivity index (χ0n) is 10.4. The summed E-state index contributed by atoms with van der Waals surface area (Å²) in [5.41, 5.74) is 3.20. The second-order valence-corrected chi connectivity index (χ2v) is 5.43. The van der Waals surface area contributed by atoms with Crippen molar-refractivity contribution in [3.63, 3.8) is 0 Å². The van der Waals surface area contributed by atoms with Gasteiger partial charge in [-0.3, -0.25) is 4.79 Å². The molecule has 0 bridgehead atoms. The van der Waals surface area contributed by atoms with E-state index in [2.05, 4.69) is 19.9 Å². The Morgan fingerprint density at radius 2 is 1.94 bits per heavy atom. The van der Waals surface area contributed by atoms with E-state index in [0.29, 0.717) is 5.92 Å². The molecule has 0 atom stereocenters. The second kappa shape index (κ2) is 4.84. The summed E-state index contributed by atoms with van der Waals surface area (Å²) >= 11 is 1.50. The number of ketones is 1. The second-order valence-electron chi connectivity index (χ2n) is 4.48. The van der Waals surface area contributed by atoms with E-state index in [1.807, 2.05) is 36.6 Å². The summed E-state index contributed by atoms with van der Waals surface area (Å²) in [6, 6.07) is 9.80. The molecule has 1 aromatic heterocycles. The molecular weight excluding hydrogens is 228 g/mol. The number of benzene rings is 1. The molecule has 0 amide bonds. The van der Waals surface area contributed by atoms with Crippen molar-refractivity contribution in [2.45, 2.75) is 26.7 Å². The SMILES string of the molecule is Cc1c(C(=O)c2cccs2)cccc1C(C)C. The average Bonchev–Trinajstić information content (AvgIpc) is 2.81. The lowest BCUT2D eigenvalue weighted by Gasteiger charge is -2.12. The first-order chi connectivity index (χ1) is 8.11. The summed E-state index contributed by atoms with van der Waals surface area (Å²) in [4.78, 5) is 13.1. The lowest BCUT2D eigenvalue weighted by Crippen LogP contribution is -2.04. The summed E-state index contributed by atoms with van der Waals surface area (Å²) in [5, 5.41) is 1.94. The van der Waals surface area contributed by atoms with Crippen LogP contribution < -0.4 is 0 Å². The first-order valence-electron chi connectivity index (χ1n) is 5.79. The van der Waals surface area contributed by atoms with E-state index in [4.69, 9.17) is 0 Å². The third kappa shape index (κ3) is 2.32. The third-order valence-corrected chi connectivity index (χ3v) is 3.86. The van der Waals surface area contributed by atoms with Crippen LogP contribution in [0.1, 0.15) is 46.1 Å². The molecule has 2 heteroatoms. The number of hydrogen-bond acceptors (Lipinski definition) is 2. The fourth-order valence-corrected chi connectivity index (χ4v) is 2.74. The van der Waals surface area contributed by atoms with Gasteiger partial charge in [-0.2, -0.15) is 0 Å². The molecule has 0 aliphatic carbocycles. The van der Waals surface area contributed by atoms with Crippen LogP contribution in [0.4, 0.5) is 0 Å². The van der Waals surface area contributed by atoms with Gasteiger partial charge in [0, 0.05) is 5.56 Å². The predicted octanol–water partition coefficient (Wildman–Crippen LogP) is 4.41. The quantitative estimate of drug-likeness (QED) is 0.731. The van der Waals surface area contributed by atoms with Crippen LogP contribution in [-0.2, 0) is 0 Å². The Kier molecular flexibility index (Phi) is 3.43. The minimum Gasteiger partial charge on any atom is -0.288 e. The van der Waals surface area contributed by atoms with Gasteiger partial charge in [0.1, 0.15) is 0 Å². The van der Waals surface area contributed by atoms with Crippen LogP contribution in [0, 0.1) is 6.92 Å². The van der Waals surface area contributed by atoms with Crippen LogP contribution in [0.3, 0.4) is 0 Å². The van der Waals surface area contributed by atoms with Crippen molar-refractivity contribution in [3.8, 4) is 0 Å². The number of rotatable bonds is 3. The van der Waals surface area contributed by atoms with E-state index in [9.17, 15) is 4.79 Å². The van der Waals surface area contributed by atoms with Crippen molar-refractivity contribution in [1.82, 2.24) is 0 Å². The van der Waals surface area contributed by atoms with Gasteiger partial charge < -0.3 is 0 Å². The van der Waals surface area contributed by atoms with Crippen molar-refractivity contribution in [3.05, 3.63) is 57.3 Å². The van der Waals surface area contributed by atoms with Gasteiger partial charge in [-0.15, -0.1) is 11.3 Å². The van der Waals surface area contributed by atoms with Crippen LogP contribution >= 0.6 is 11.3 Å². The summed E-state index contributed by atoms with van der Waals surface area (Å²) in [6.07, 6.45) is 0. The van der Waals surface area contributed by atoms with Crippen LogP contribution in [0.5, 0.6) is 0 Å². The van der Waals surface area contributed by atoms with Gasteiger partial charge in [0.05, 0.1) is 4.88 Å². The fraction of sp³-hybridized carbons (Fsp3) is 0.267. The number of carbonyl (C=O) groups is 1. The van der Waals surface area contributed by atoms with Crippen molar-refractivity contribution in [1.29, 1.82) is 0 Å². The van der Waals surface area contributed by atoms with E-state index in [1.54, 1.807) is 0 Å². The van der Waals surface area contributed by atoms with Gasteiger partial charge >= 0.3 is 0 Å². The Balaban J connectivity index is 2.47. The Bertz CT molecular complexity index is 524. The average molecular weight is 244 g/mol. The molecular formula is C15H16OS. The first-order valence-corrected chi connectivity index (χ1v) is 6.67. The van der Waals surface area contributed by atoms with Crippen LogP contribution in [0.2, 0.25) is 0 Å². The summed E-state index contributed by atoms with van der Waals surface area (Å²) in [6.45, 7) is 6.35. The van der Waals surface area contributed by atoms with Crippen LogP contribution in [-0.4, -0.2) is 5.78 Å². The zero-order valence-corrected chi connectivity index (χ0v) is 11.2. The molecule has 0 fully saturated rings. The van der Waals surface area contributed by atoms with Gasteiger partial charge in [0.25, 0.3) is 0 Å². The third-order valence-electron chi connectivity index (χ3n) is 2.99. The number of carbonyl (C=O) groups excluding carboxylic acids is 1. The number of hydrogen-bond donors (Lipinski definition) is 0. The normalized spacial score (nSPS) is 10.8. The highest BCUT2D eigenvalue weighted by Crippen LogP contribution is 2.24. The van der Waals surface area contributed by atoms with Gasteiger partial charge in [-0.25, -0.2) is 0 Å². The Labute approximate surface area is 106 Å². The van der Waals surface area contributed by atoms with Gasteiger partial charge in [0.15, 0.2) is 0 Å². The molecule has 0 spiro atoms. The predicted molar refractivity (Wildman–Crippen MR) is 73.0 cm³/mol. The van der Waals surface area contributed by atoms with Gasteiger partial charge in [0.2, 0.25) is 5.78 Å². The molecule has 0 saturated heterocycles. The van der Waals surface area contributed by atoms with Crippen LogP contribution in [0.25, 0.3) is 0 Å². The minimum atomic E-state index is 0.139. The molecule has 0 radical (unpaired) electrons. The fourth-order valence-electron chi connectivity index (χ4n) is 2.07.